The Bertz CT molecular complexity index is 950. The molecule has 1 saturated heterocycles. The highest BCUT2D eigenvalue weighted by Crippen LogP contribution is 2.38. The number of nitrogens with one attached hydrogen (secondary N) is 2. The summed E-state index contributed by atoms with van der Waals surface area (Å²) in [5.74, 6) is 1.61. The standard InChI is InChI=1S/C22H27N5O2S/c1-15-13-22(2,3)26(14-15)20-17(21(29)25-30-16-7-5-4-6-8-16)9-10-18(23-20)27-12-11-19(28)24-27/h4-12,15,19,24,28H,13-14H2,1-3H3,(H,25,29). The van der Waals surface area contributed by atoms with E-state index >= 15 is 0 Å². The number of amides is 1. The lowest BCUT2D eigenvalue weighted by Crippen LogP contribution is -2.41. The van der Waals surface area contributed by atoms with Crippen molar-refractivity contribution < 1.29 is 9.90 Å². The van der Waals surface area contributed by atoms with E-state index in [1.807, 2.05) is 30.3 Å². The Labute approximate surface area is 181 Å². The molecule has 1 aromatic carbocycles. The smallest absolute Gasteiger partial charge is 0.265 e. The number of pyridine rings is 1. The first kappa shape index (κ1) is 20.7. The number of hydrogen-bond donors (Lipinski definition) is 3. The number of aromatic nitrogens is 1. The molecule has 30 heavy (non-hydrogen) atoms. The Morgan fingerprint density at radius 1 is 1.27 bits per heavy atom. The maximum Gasteiger partial charge on any atom is 0.265 e. The Morgan fingerprint density at radius 3 is 2.67 bits per heavy atom. The van der Waals surface area contributed by atoms with Gasteiger partial charge in [-0.2, -0.15) is 5.43 Å². The predicted octanol–water partition coefficient (Wildman–Crippen LogP) is 3.30. The Kier molecular flexibility index (Phi) is 5.73. The minimum absolute atomic E-state index is 0.111. The molecule has 0 radical (unpaired) electrons. The highest BCUT2D eigenvalue weighted by Gasteiger charge is 2.39. The monoisotopic (exact) mass is 425 g/mol. The molecule has 3 N–H and O–H groups in total. The average Bonchev–Trinajstić information content (AvgIpc) is 3.28. The highest BCUT2D eigenvalue weighted by molar-refractivity contribution is 7.98. The van der Waals surface area contributed by atoms with Crippen LogP contribution in [0.5, 0.6) is 0 Å². The highest BCUT2D eigenvalue weighted by atomic mass is 32.2. The fourth-order valence-electron chi connectivity index (χ4n) is 4.10. The van der Waals surface area contributed by atoms with Crippen LogP contribution in [0.3, 0.4) is 0 Å². The number of carbonyl (C=O) groups excluding carboxylic acids is 1. The number of rotatable bonds is 5. The molecule has 0 aliphatic carbocycles. The number of hydrogen-bond acceptors (Lipinski definition) is 7. The molecule has 1 fully saturated rings. The van der Waals surface area contributed by atoms with Gasteiger partial charge in [0, 0.05) is 23.2 Å². The van der Waals surface area contributed by atoms with E-state index in [2.05, 4.69) is 35.8 Å². The van der Waals surface area contributed by atoms with Crippen molar-refractivity contribution in [3.63, 3.8) is 0 Å². The first-order valence-corrected chi connectivity index (χ1v) is 10.9. The third kappa shape index (κ3) is 4.30. The van der Waals surface area contributed by atoms with Crippen LogP contribution in [0.1, 0.15) is 37.6 Å². The second-order valence-corrected chi connectivity index (χ2v) is 9.28. The van der Waals surface area contributed by atoms with Crippen molar-refractivity contribution in [2.75, 3.05) is 16.5 Å². The quantitative estimate of drug-likeness (QED) is 0.634. The third-order valence-electron chi connectivity index (χ3n) is 5.37. The summed E-state index contributed by atoms with van der Waals surface area (Å²) < 4.78 is 2.94. The van der Waals surface area contributed by atoms with E-state index in [-0.39, 0.29) is 11.4 Å². The molecule has 2 aliphatic heterocycles. The average molecular weight is 426 g/mol. The van der Waals surface area contributed by atoms with E-state index in [0.717, 1.165) is 17.9 Å². The van der Waals surface area contributed by atoms with Gasteiger partial charge in [-0.15, -0.1) is 0 Å². The lowest BCUT2D eigenvalue weighted by atomic mass is 9.97. The van der Waals surface area contributed by atoms with Gasteiger partial charge in [0.15, 0.2) is 0 Å². The number of carbonyl (C=O) groups is 1. The van der Waals surface area contributed by atoms with Gasteiger partial charge in [-0.25, -0.2) is 4.98 Å². The molecule has 2 aliphatic rings. The first-order chi connectivity index (χ1) is 14.3. The zero-order valence-electron chi connectivity index (χ0n) is 17.4. The molecule has 4 rings (SSSR count). The molecular formula is C22H27N5O2S. The van der Waals surface area contributed by atoms with Crippen molar-refractivity contribution in [2.45, 2.75) is 43.9 Å². The van der Waals surface area contributed by atoms with Gasteiger partial charge in [-0.1, -0.05) is 25.1 Å². The van der Waals surface area contributed by atoms with Crippen LogP contribution in [0.15, 0.2) is 59.6 Å². The third-order valence-corrected chi connectivity index (χ3v) is 6.17. The molecule has 1 amide bonds. The molecule has 2 atom stereocenters. The van der Waals surface area contributed by atoms with Gasteiger partial charge in [0.1, 0.15) is 17.9 Å². The van der Waals surface area contributed by atoms with Crippen molar-refractivity contribution in [3.05, 3.63) is 60.3 Å². The van der Waals surface area contributed by atoms with Crippen LogP contribution in [-0.4, -0.2) is 34.3 Å². The van der Waals surface area contributed by atoms with E-state index in [4.69, 9.17) is 4.98 Å². The summed E-state index contributed by atoms with van der Waals surface area (Å²) in [4.78, 5) is 21.1. The predicted molar refractivity (Wildman–Crippen MR) is 120 cm³/mol. The number of anilines is 2. The topological polar surface area (TPSA) is 80.7 Å². The molecule has 0 spiro atoms. The minimum atomic E-state index is -0.747. The Morgan fingerprint density at radius 2 is 2.03 bits per heavy atom. The van der Waals surface area contributed by atoms with E-state index in [0.29, 0.717) is 23.1 Å². The zero-order valence-corrected chi connectivity index (χ0v) is 18.2. The van der Waals surface area contributed by atoms with Crippen LogP contribution in [0.2, 0.25) is 0 Å². The van der Waals surface area contributed by atoms with E-state index in [9.17, 15) is 9.90 Å². The second kappa shape index (κ2) is 8.29. The summed E-state index contributed by atoms with van der Waals surface area (Å²) in [5.41, 5.74) is 3.33. The van der Waals surface area contributed by atoms with Gasteiger partial charge in [0.25, 0.3) is 5.91 Å². The zero-order chi connectivity index (χ0) is 21.3. The maximum absolute atomic E-state index is 13.1. The lowest BCUT2D eigenvalue weighted by molar-refractivity contribution is 0.0984. The van der Waals surface area contributed by atoms with Gasteiger partial charge in [0.05, 0.1) is 5.56 Å². The van der Waals surface area contributed by atoms with Crippen molar-refractivity contribution in [3.8, 4) is 0 Å². The number of aliphatic hydroxyl groups excluding tert-OH is 1. The molecular weight excluding hydrogens is 398 g/mol. The van der Waals surface area contributed by atoms with Gasteiger partial charge in [-0.05, 0) is 68.5 Å². The van der Waals surface area contributed by atoms with Crippen LogP contribution < -0.4 is 20.1 Å². The molecule has 0 bridgehead atoms. The molecule has 1 aromatic heterocycles. The summed E-state index contributed by atoms with van der Waals surface area (Å²) >= 11 is 1.29. The fraction of sp³-hybridized carbons (Fsp3) is 0.364. The van der Waals surface area contributed by atoms with Crippen molar-refractivity contribution in [2.24, 2.45) is 5.92 Å². The van der Waals surface area contributed by atoms with E-state index < -0.39 is 6.23 Å². The Hall–Kier alpha value is -2.55. The van der Waals surface area contributed by atoms with Crippen LogP contribution in [0.25, 0.3) is 0 Å². The Balaban J connectivity index is 1.65. The molecule has 7 nitrogen and oxygen atoms in total. The van der Waals surface area contributed by atoms with Crippen LogP contribution in [-0.2, 0) is 0 Å². The summed E-state index contributed by atoms with van der Waals surface area (Å²) in [6, 6.07) is 13.3. The maximum atomic E-state index is 13.1. The summed E-state index contributed by atoms with van der Waals surface area (Å²) in [5, 5.41) is 11.4. The molecule has 3 heterocycles. The van der Waals surface area contributed by atoms with Crippen molar-refractivity contribution >= 4 is 29.5 Å². The second-order valence-electron chi connectivity index (χ2n) is 8.40. The number of hydrazine groups is 1. The number of benzene rings is 1. The van der Waals surface area contributed by atoms with Crippen LogP contribution in [0, 0.1) is 5.92 Å². The normalized spacial score (nSPS) is 22.5. The van der Waals surface area contributed by atoms with Crippen LogP contribution >= 0.6 is 11.9 Å². The molecule has 0 saturated carbocycles. The van der Waals surface area contributed by atoms with Crippen molar-refractivity contribution in [1.29, 1.82) is 0 Å². The summed E-state index contributed by atoms with van der Waals surface area (Å²) in [6.45, 7) is 7.42. The minimum Gasteiger partial charge on any atom is -0.373 e. The van der Waals surface area contributed by atoms with E-state index in [1.54, 1.807) is 29.4 Å². The molecule has 2 aromatic rings. The lowest BCUT2D eigenvalue weighted by Gasteiger charge is -2.34. The first-order valence-electron chi connectivity index (χ1n) is 10.1. The number of nitrogens with zero attached hydrogens (tertiary/aromatic N) is 3. The van der Waals surface area contributed by atoms with Crippen LogP contribution in [0.4, 0.5) is 11.6 Å². The summed E-state index contributed by atoms with van der Waals surface area (Å²) in [7, 11) is 0. The molecule has 158 valence electrons. The van der Waals surface area contributed by atoms with Gasteiger partial charge >= 0.3 is 0 Å². The largest absolute Gasteiger partial charge is 0.373 e. The van der Waals surface area contributed by atoms with Gasteiger partial charge < -0.3 is 10.0 Å². The fourth-order valence-corrected chi connectivity index (χ4v) is 4.72. The number of aliphatic hydroxyl groups is 1. The molecule has 2 unspecified atom stereocenters. The molecule has 8 heteroatoms. The summed E-state index contributed by atoms with van der Waals surface area (Å²) in [6.07, 6.45) is 3.66. The van der Waals surface area contributed by atoms with E-state index in [1.165, 1.54) is 11.9 Å². The van der Waals surface area contributed by atoms with Gasteiger partial charge in [0.2, 0.25) is 0 Å². The van der Waals surface area contributed by atoms with Gasteiger partial charge in [-0.3, -0.25) is 14.5 Å². The van der Waals surface area contributed by atoms with Crippen molar-refractivity contribution in [1.82, 2.24) is 15.1 Å². The SMILES string of the molecule is CC1CN(c2nc(N3C=CC(O)N3)ccc2C(=O)NSc2ccccc2)C(C)(C)C1.